The van der Waals surface area contributed by atoms with Gasteiger partial charge in [0.2, 0.25) is 0 Å². The number of nitrogens with one attached hydrogen (secondary N) is 1. The van der Waals surface area contributed by atoms with Crippen LogP contribution in [0.15, 0.2) is 18.3 Å². The molecular formula is C18H29N3. The van der Waals surface area contributed by atoms with Crippen molar-refractivity contribution in [1.29, 1.82) is 0 Å². The fourth-order valence-corrected chi connectivity index (χ4v) is 3.00. The molecule has 1 heterocycles. The largest absolute Gasteiger partial charge is 0.370 e. The second-order valence-electron chi connectivity index (χ2n) is 6.75. The molecule has 3 nitrogen and oxygen atoms in total. The molecule has 1 unspecified atom stereocenters. The summed E-state index contributed by atoms with van der Waals surface area (Å²) in [5.41, 5.74) is 2.50. The van der Waals surface area contributed by atoms with E-state index in [0.29, 0.717) is 6.04 Å². The van der Waals surface area contributed by atoms with Gasteiger partial charge in [0.15, 0.2) is 0 Å². The topological polar surface area (TPSA) is 28.2 Å². The summed E-state index contributed by atoms with van der Waals surface area (Å²) in [5, 5.41) is 3.51. The smallest absolute Gasteiger partial charge is 0.0574 e. The lowest BCUT2D eigenvalue weighted by atomic mass is 10.1. The van der Waals surface area contributed by atoms with Crippen LogP contribution in [0.25, 0.3) is 0 Å². The molecule has 0 bridgehead atoms. The summed E-state index contributed by atoms with van der Waals surface area (Å²) >= 11 is 0. The van der Waals surface area contributed by atoms with E-state index >= 15 is 0 Å². The van der Waals surface area contributed by atoms with E-state index in [9.17, 15) is 0 Å². The van der Waals surface area contributed by atoms with Gasteiger partial charge in [-0.15, -0.1) is 0 Å². The summed E-state index contributed by atoms with van der Waals surface area (Å²) in [6.07, 6.45) is 8.88. The van der Waals surface area contributed by atoms with Gasteiger partial charge < -0.3 is 10.2 Å². The van der Waals surface area contributed by atoms with Crippen molar-refractivity contribution in [2.24, 2.45) is 11.8 Å². The fourth-order valence-electron chi connectivity index (χ4n) is 3.00. The van der Waals surface area contributed by atoms with Crippen molar-refractivity contribution in [3.8, 4) is 0 Å². The Morgan fingerprint density at radius 2 is 1.81 bits per heavy atom. The zero-order chi connectivity index (χ0) is 14.7. The normalized spacial score (nSPS) is 19.5. The zero-order valence-corrected chi connectivity index (χ0v) is 13.5. The summed E-state index contributed by atoms with van der Waals surface area (Å²) in [5.74, 6) is 1.88. The highest BCUT2D eigenvalue weighted by Crippen LogP contribution is 2.35. The third-order valence-electron chi connectivity index (χ3n) is 4.70. The predicted molar refractivity (Wildman–Crippen MR) is 88.6 cm³/mol. The quantitative estimate of drug-likeness (QED) is 0.749. The molecule has 2 aliphatic carbocycles. The number of pyridine rings is 1. The van der Waals surface area contributed by atoms with E-state index < -0.39 is 0 Å². The minimum absolute atomic E-state index is 0.393. The molecule has 21 heavy (non-hydrogen) atoms. The van der Waals surface area contributed by atoms with Crippen LogP contribution < -0.4 is 10.2 Å². The van der Waals surface area contributed by atoms with Crippen molar-refractivity contribution in [1.82, 2.24) is 10.3 Å². The average molecular weight is 287 g/mol. The predicted octanol–water partition coefficient (Wildman–Crippen LogP) is 3.77. The molecule has 2 aliphatic rings. The van der Waals surface area contributed by atoms with Gasteiger partial charge in [-0.05, 0) is 62.6 Å². The fraction of sp³-hybridized carbons (Fsp3) is 0.722. The second kappa shape index (κ2) is 6.78. The van der Waals surface area contributed by atoms with Crippen molar-refractivity contribution in [2.45, 2.75) is 52.0 Å². The number of hydrogen-bond donors (Lipinski definition) is 1. The molecule has 0 spiro atoms. The third kappa shape index (κ3) is 4.19. The number of hydrogen-bond acceptors (Lipinski definition) is 3. The standard InChI is InChI=1S/C18H29N3/c1-3-17(19-4-2)18-10-9-16(11-20-18)21(12-14-5-6-14)13-15-7-8-15/h9-11,14-15,17,19H,3-8,12-13H2,1-2H3. The van der Waals surface area contributed by atoms with Crippen molar-refractivity contribution in [3.63, 3.8) is 0 Å². The van der Waals surface area contributed by atoms with Crippen LogP contribution in [-0.4, -0.2) is 24.6 Å². The Kier molecular flexibility index (Phi) is 4.79. The van der Waals surface area contributed by atoms with Gasteiger partial charge in [-0.2, -0.15) is 0 Å². The summed E-state index contributed by atoms with van der Waals surface area (Å²) in [7, 11) is 0. The van der Waals surface area contributed by atoms with Gasteiger partial charge in [0, 0.05) is 19.1 Å². The molecule has 1 N–H and O–H groups in total. The Balaban J connectivity index is 1.67. The van der Waals surface area contributed by atoms with Crippen LogP contribution >= 0.6 is 0 Å². The van der Waals surface area contributed by atoms with E-state index in [-0.39, 0.29) is 0 Å². The first-order valence-corrected chi connectivity index (χ1v) is 8.74. The number of anilines is 1. The monoisotopic (exact) mass is 287 g/mol. The lowest BCUT2D eigenvalue weighted by Crippen LogP contribution is -2.28. The van der Waals surface area contributed by atoms with Crippen molar-refractivity contribution < 1.29 is 0 Å². The van der Waals surface area contributed by atoms with Gasteiger partial charge in [0.1, 0.15) is 0 Å². The number of rotatable bonds is 9. The van der Waals surface area contributed by atoms with Crippen LogP contribution in [0.5, 0.6) is 0 Å². The van der Waals surface area contributed by atoms with Crippen molar-refractivity contribution in [2.75, 3.05) is 24.5 Å². The maximum Gasteiger partial charge on any atom is 0.0574 e. The first kappa shape index (κ1) is 14.8. The highest BCUT2D eigenvalue weighted by molar-refractivity contribution is 5.45. The molecule has 1 aromatic heterocycles. The second-order valence-corrected chi connectivity index (χ2v) is 6.75. The highest BCUT2D eigenvalue weighted by atomic mass is 15.1. The van der Waals surface area contributed by atoms with E-state index in [1.165, 1.54) is 50.2 Å². The van der Waals surface area contributed by atoms with Crippen LogP contribution in [0.4, 0.5) is 5.69 Å². The summed E-state index contributed by atoms with van der Waals surface area (Å²) in [6, 6.07) is 4.90. The Labute approximate surface area is 129 Å². The third-order valence-corrected chi connectivity index (χ3v) is 4.70. The van der Waals surface area contributed by atoms with Gasteiger partial charge in [-0.25, -0.2) is 0 Å². The summed E-state index contributed by atoms with van der Waals surface area (Å²) in [6.45, 7) is 7.85. The molecule has 1 atom stereocenters. The summed E-state index contributed by atoms with van der Waals surface area (Å²) in [4.78, 5) is 7.32. The molecule has 3 rings (SSSR count). The lowest BCUT2D eigenvalue weighted by molar-refractivity contribution is 0.524. The summed E-state index contributed by atoms with van der Waals surface area (Å²) < 4.78 is 0. The molecule has 3 heteroatoms. The van der Waals surface area contributed by atoms with Crippen LogP contribution in [0, 0.1) is 11.8 Å². The van der Waals surface area contributed by atoms with Gasteiger partial charge in [0.05, 0.1) is 17.6 Å². The van der Waals surface area contributed by atoms with E-state index in [0.717, 1.165) is 24.8 Å². The Morgan fingerprint density at radius 1 is 1.14 bits per heavy atom. The zero-order valence-electron chi connectivity index (χ0n) is 13.5. The van der Waals surface area contributed by atoms with E-state index in [1.807, 2.05) is 0 Å². The maximum atomic E-state index is 4.74. The van der Waals surface area contributed by atoms with Gasteiger partial charge in [-0.3, -0.25) is 4.98 Å². The molecule has 0 amide bonds. The molecule has 2 saturated carbocycles. The first-order valence-electron chi connectivity index (χ1n) is 8.74. The van der Waals surface area contributed by atoms with Crippen LogP contribution in [0.3, 0.4) is 0 Å². The van der Waals surface area contributed by atoms with Crippen molar-refractivity contribution in [3.05, 3.63) is 24.0 Å². The molecule has 116 valence electrons. The Bertz CT molecular complexity index is 420. The molecule has 0 saturated heterocycles. The Morgan fingerprint density at radius 3 is 2.24 bits per heavy atom. The first-order chi connectivity index (χ1) is 10.3. The minimum Gasteiger partial charge on any atom is -0.370 e. The van der Waals surface area contributed by atoms with E-state index in [2.05, 4.69) is 42.4 Å². The van der Waals surface area contributed by atoms with Gasteiger partial charge in [0.25, 0.3) is 0 Å². The van der Waals surface area contributed by atoms with Crippen LogP contribution in [-0.2, 0) is 0 Å². The maximum absolute atomic E-state index is 4.74. The molecular weight excluding hydrogens is 258 g/mol. The van der Waals surface area contributed by atoms with E-state index in [4.69, 9.17) is 4.98 Å². The molecule has 0 aromatic carbocycles. The van der Waals surface area contributed by atoms with Crippen molar-refractivity contribution >= 4 is 5.69 Å². The number of nitrogens with zero attached hydrogens (tertiary/aromatic N) is 2. The average Bonchev–Trinajstić information content (AvgIpc) is 3.40. The number of aromatic nitrogens is 1. The van der Waals surface area contributed by atoms with E-state index in [1.54, 1.807) is 0 Å². The van der Waals surface area contributed by atoms with Gasteiger partial charge in [-0.1, -0.05) is 13.8 Å². The van der Waals surface area contributed by atoms with Crippen LogP contribution in [0.2, 0.25) is 0 Å². The SMILES string of the molecule is CCNC(CC)c1ccc(N(CC2CC2)CC2CC2)cn1. The molecule has 1 aromatic rings. The Hall–Kier alpha value is -1.09. The van der Waals surface area contributed by atoms with Gasteiger partial charge >= 0.3 is 0 Å². The molecule has 0 aliphatic heterocycles. The molecule has 0 radical (unpaired) electrons. The minimum atomic E-state index is 0.393. The molecule has 2 fully saturated rings. The lowest BCUT2D eigenvalue weighted by Gasteiger charge is -2.25. The van der Waals surface area contributed by atoms with Crippen LogP contribution in [0.1, 0.15) is 57.7 Å². The highest BCUT2D eigenvalue weighted by Gasteiger charge is 2.29.